The molecule has 1 amide bonds. The molecule has 2 heterocycles. The molecule has 2 aromatic carbocycles. The fraction of sp³-hybridized carbons (Fsp3) is 0.500. The molecule has 0 bridgehead atoms. The maximum Gasteiger partial charge on any atom is 0.416 e. The zero-order valence-corrected chi connectivity index (χ0v) is 22.4. The van der Waals surface area contributed by atoms with Crippen LogP contribution < -0.4 is 10.2 Å². The van der Waals surface area contributed by atoms with Gasteiger partial charge in [0.15, 0.2) is 0 Å². The molecule has 3 aliphatic rings. The van der Waals surface area contributed by atoms with Crippen LogP contribution in [-0.4, -0.2) is 26.2 Å². The van der Waals surface area contributed by atoms with Crippen LogP contribution in [0.3, 0.4) is 0 Å². The lowest BCUT2D eigenvalue weighted by atomic mass is 9.77. The van der Waals surface area contributed by atoms with E-state index in [2.05, 4.69) is 22.4 Å². The highest BCUT2D eigenvalue weighted by atomic mass is 19.4. The van der Waals surface area contributed by atoms with Crippen molar-refractivity contribution in [2.24, 2.45) is 13.0 Å². The molecule has 206 valence electrons. The van der Waals surface area contributed by atoms with Gasteiger partial charge in [0, 0.05) is 36.3 Å². The number of hydrogen-bond acceptors (Lipinski definition) is 4. The molecular formula is C30H34F3N5O. The smallest absolute Gasteiger partial charge is 0.320 e. The lowest BCUT2D eigenvalue weighted by Crippen LogP contribution is -2.47. The number of rotatable bonds is 8. The maximum atomic E-state index is 14.2. The van der Waals surface area contributed by atoms with Gasteiger partial charge in [0.05, 0.1) is 12.1 Å². The standard InChI is InChI=1S/C30H34F3N5O/c1-29(10-5-11-29)34-16-20-13-24-25(26(14-20)30(31,32)33)17-38(28(24)39)22-9-4-8-21(15-22)23(12-19-6-3-7-19)27-36-35-18-37(27)2/h4,8-9,13-15,18-19,23,34H,3,5-7,10-12,16-17H2,1-2H3/t23-/m1/s1. The van der Waals surface area contributed by atoms with Gasteiger partial charge in [0.25, 0.3) is 5.91 Å². The van der Waals surface area contributed by atoms with E-state index in [9.17, 15) is 18.0 Å². The average Bonchev–Trinajstić information content (AvgIpc) is 3.43. The number of nitrogens with zero attached hydrogens (tertiary/aromatic N) is 4. The first-order valence-electron chi connectivity index (χ1n) is 13.8. The van der Waals surface area contributed by atoms with E-state index in [1.807, 2.05) is 29.8 Å². The zero-order chi connectivity index (χ0) is 27.4. The Hall–Kier alpha value is -3.20. The van der Waals surface area contributed by atoms with E-state index in [0.717, 1.165) is 37.1 Å². The SMILES string of the molecule is Cn1cnnc1[C@H](CC1CCC1)c1cccc(N2Cc3c(cc(CNC4(C)CCC4)cc3C(F)(F)F)C2=O)c1. The number of anilines is 1. The van der Waals surface area contributed by atoms with Crippen molar-refractivity contribution < 1.29 is 18.0 Å². The number of carbonyl (C=O) groups is 1. The van der Waals surface area contributed by atoms with Crippen molar-refractivity contribution in [3.05, 3.63) is 76.4 Å². The Labute approximate surface area is 226 Å². The quantitative estimate of drug-likeness (QED) is 0.364. The van der Waals surface area contributed by atoms with Crippen LogP contribution in [0.15, 0.2) is 42.7 Å². The summed E-state index contributed by atoms with van der Waals surface area (Å²) in [6.07, 6.45) is 4.79. The highest BCUT2D eigenvalue weighted by molar-refractivity contribution is 6.10. The van der Waals surface area contributed by atoms with Gasteiger partial charge in [0.2, 0.25) is 0 Å². The Kier molecular flexibility index (Phi) is 6.52. The molecule has 1 aliphatic heterocycles. The molecular weight excluding hydrogens is 503 g/mol. The molecule has 0 saturated heterocycles. The van der Waals surface area contributed by atoms with E-state index in [0.29, 0.717) is 23.7 Å². The topological polar surface area (TPSA) is 63.1 Å². The molecule has 2 fully saturated rings. The van der Waals surface area contributed by atoms with E-state index >= 15 is 0 Å². The molecule has 2 saturated carbocycles. The average molecular weight is 538 g/mol. The molecule has 1 atom stereocenters. The summed E-state index contributed by atoms with van der Waals surface area (Å²) in [5.74, 6) is 1.07. The number of amides is 1. The minimum Gasteiger partial charge on any atom is -0.320 e. The lowest BCUT2D eigenvalue weighted by molar-refractivity contribution is -0.138. The number of carbonyl (C=O) groups excluding carboxylic acids is 1. The van der Waals surface area contributed by atoms with Crippen LogP contribution in [0.1, 0.15) is 96.2 Å². The maximum absolute atomic E-state index is 14.2. The first-order valence-corrected chi connectivity index (χ1v) is 13.8. The fourth-order valence-electron chi connectivity index (χ4n) is 6.20. The van der Waals surface area contributed by atoms with Gasteiger partial charge in [-0.25, -0.2) is 0 Å². The van der Waals surface area contributed by atoms with Gasteiger partial charge in [-0.15, -0.1) is 10.2 Å². The second kappa shape index (κ2) is 9.77. The second-order valence-corrected chi connectivity index (χ2v) is 11.8. The third kappa shape index (κ3) is 4.97. The van der Waals surface area contributed by atoms with Crippen LogP contribution >= 0.6 is 0 Å². The van der Waals surface area contributed by atoms with Crippen molar-refractivity contribution in [3.63, 3.8) is 0 Å². The Morgan fingerprint density at radius 1 is 1.15 bits per heavy atom. The number of aromatic nitrogens is 3. The number of fused-ring (bicyclic) bond motifs is 1. The van der Waals surface area contributed by atoms with Crippen molar-refractivity contribution >= 4 is 11.6 Å². The van der Waals surface area contributed by atoms with E-state index in [4.69, 9.17) is 0 Å². The summed E-state index contributed by atoms with van der Waals surface area (Å²) in [4.78, 5) is 15.1. The van der Waals surface area contributed by atoms with Crippen LogP contribution in [0.4, 0.5) is 18.9 Å². The van der Waals surface area contributed by atoms with Crippen molar-refractivity contribution in [3.8, 4) is 0 Å². The van der Waals surface area contributed by atoms with Gasteiger partial charge in [-0.05, 0) is 79.5 Å². The lowest BCUT2D eigenvalue weighted by Gasteiger charge is -2.39. The molecule has 1 N–H and O–H groups in total. The van der Waals surface area contributed by atoms with E-state index in [1.165, 1.54) is 30.2 Å². The third-order valence-corrected chi connectivity index (χ3v) is 9.02. The molecule has 0 spiro atoms. The molecule has 0 radical (unpaired) electrons. The number of halogens is 3. The van der Waals surface area contributed by atoms with E-state index < -0.39 is 17.6 Å². The Bertz CT molecular complexity index is 1390. The summed E-state index contributed by atoms with van der Waals surface area (Å²) >= 11 is 0. The van der Waals surface area contributed by atoms with Crippen molar-refractivity contribution in [1.82, 2.24) is 20.1 Å². The van der Waals surface area contributed by atoms with Gasteiger partial charge in [-0.3, -0.25) is 4.79 Å². The number of aryl methyl sites for hydroxylation is 1. The minimum atomic E-state index is -4.54. The highest BCUT2D eigenvalue weighted by Gasteiger charge is 2.41. The predicted molar refractivity (Wildman–Crippen MR) is 142 cm³/mol. The highest BCUT2D eigenvalue weighted by Crippen LogP contribution is 2.42. The number of hydrogen-bond donors (Lipinski definition) is 1. The first-order chi connectivity index (χ1) is 18.6. The Balaban J connectivity index is 1.31. The van der Waals surface area contributed by atoms with Gasteiger partial charge in [0.1, 0.15) is 12.2 Å². The van der Waals surface area contributed by atoms with Crippen molar-refractivity contribution in [2.45, 2.75) is 82.6 Å². The number of nitrogens with one attached hydrogen (secondary N) is 1. The van der Waals surface area contributed by atoms with Crippen molar-refractivity contribution in [1.29, 1.82) is 0 Å². The summed E-state index contributed by atoms with van der Waals surface area (Å²) in [6, 6.07) is 10.5. The fourth-order valence-corrected chi connectivity index (χ4v) is 6.20. The first kappa shape index (κ1) is 26.0. The summed E-state index contributed by atoms with van der Waals surface area (Å²) in [7, 11) is 1.92. The van der Waals surface area contributed by atoms with Crippen LogP contribution in [-0.2, 0) is 26.3 Å². The third-order valence-electron chi connectivity index (χ3n) is 9.02. The molecule has 2 aliphatic carbocycles. The predicted octanol–water partition coefficient (Wildman–Crippen LogP) is 6.35. The van der Waals surface area contributed by atoms with Crippen LogP contribution in [0.5, 0.6) is 0 Å². The normalized spacial score (nSPS) is 19.5. The zero-order valence-electron chi connectivity index (χ0n) is 22.4. The molecule has 1 aromatic heterocycles. The monoisotopic (exact) mass is 537 g/mol. The summed E-state index contributed by atoms with van der Waals surface area (Å²) in [5.41, 5.74) is 1.51. The second-order valence-electron chi connectivity index (χ2n) is 11.8. The van der Waals surface area contributed by atoms with Crippen molar-refractivity contribution in [2.75, 3.05) is 4.90 Å². The number of benzene rings is 2. The van der Waals surface area contributed by atoms with E-state index in [1.54, 1.807) is 18.5 Å². The largest absolute Gasteiger partial charge is 0.416 e. The van der Waals surface area contributed by atoms with E-state index in [-0.39, 0.29) is 29.1 Å². The molecule has 9 heteroatoms. The molecule has 6 nitrogen and oxygen atoms in total. The van der Waals surface area contributed by atoms with Gasteiger partial charge in [-0.1, -0.05) is 31.4 Å². The number of alkyl halides is 3. The van der Waals surface area contributed by atoms with Gasteiger partial charge >= 0.3 is 6.18 Å². The van der Waals surface area contributed by atoms with Crippen LogP contribution in [0.2, 0.25) is 0 Å². The minimum absolute atomic E-state index is 0.000821. The van der Waals surface area contributed by atoms with Crippen LogP contribution in [0, 0.1) is 5.92 Å². The summed E-state index contributed by atoms with van der Waals surface area (Å²) in [5, 5.41) is 11.8. The Morgan fingerprint density at radius 2 is 1.95 bits per heavy atom. The van der Waals surface area contributed by atoms with Gasteiger partial charge in [-0.2, -0.15) is 13.2 Å². The molecule has 6 rings (SSSR count). The summed E-state index contributed by atoms with van der Waals surface area (Å²) in [6.45, 7) is 2.29. The molecule has 0 unspecified atom stereocenters. The molecule has 39 heavy (non-hydrogen) atoms. The van der Waals surface area contributed by atoms with Crippen LogP contribution in [0.25, 0.3) is 0 Å². The Morgan fingerprint density at radius 3 is 2.56 bits per heavy atom. The van der Waals surface area contributed by atoms with Gasteiger partial charge < -0.3 is 14.8 Å². The summed E-state index contributed by atoms with van der Waals surface area (Å²) < 4.78 is 44.5. The molecule has 3 aromatic rings.